The molecule has 0 radical (unpaired) electrons. The van der Waals surface area contributed by atoms with E-state index in [-0.39, 0.29) is 23.6 Å². The van der Waals surface area contributed by atoms with Crippen LogP contribution in [0.1, 0.15) is 35.9 Å². The van der Waals surface area contributed by atoms with Gasteiger partial charge in [0.05, 0.1) is 0 Å². The van der Waals surface area contributed by atoms with Crippen molar-refractivity contribution in [1.29, 1.82) is 10.5 Å². The molecule has 1 rings (SSSR count). The molecule has 0 amide bonds. The van der Waals surface area contributed by atoms with Gasteiger partial charge in [0.1, 0.15) is 18.0 Å². The fourth-order valence-corrected chi connectivity index (χ4v) is 2.55. The second-order valence-electron chi connectivity index (χ2n) is 3.33. The SMILES string of the molecule is CCC(n1c(C)nc(C#N)c1C#N)S(=O)(=O)O. The van der Waals surface area contributed by atoms with E-state index in [9.17, 15) is 8.42 Å². The third-order valence-electron chi connectivity index (χ3n) is 2.28. The molecule has 1 unspecified atom stereocenters. The van der Waals surface area contributed by atoms with Crippen molar-refractivity contribution < 1.29 is 13.0 Å². The number of nitrogens with zero attached hydrogens (tertiary/aromatic N) is 4. The average Bonchev–Trinajstić information content (AvgIpc) is 2.54. The first kappa shape index (κ1) is 13.2. The van der Waals surface area contributed by atoms with Crippen LogP contribution in [-0.2, 0) is 10.1 Å². The Morgan fingerprint density at radius 2 is 2.06 bits per heavy atom. The van der Waals surface area contributed by atoms with Gasteiger partial charge < -0.3 is 0 Å². The second-order valence-corrected chi connectivity index (χ2v) is 4.90. The highest BCUT2D eigenvalue weighted by atomic mass is 32.2. The van der Waals surface area contributed by atoms with Crippen LogP contribution in [0, 0.1) is 29.6 Å². The van der Waals surface area contributed by atoms with Crippen LogP contribution >= 0.6 is 0 Å². The van der Waals surface area contributed by atoms with Crippen molar-refractivity contribution in [3.05, 3.63) is 17.2 Å². The van der Waals surface area contributed by atoms with Crippen molar-refractivity contribution in [2.24, 2.45) is 0 Å². The Morgan fingerprint density at radius 3 is 2.41 bits per heavy atom. The zero-order valence-electron chi connectivity index (χ0n) is 9.25. The molecule has 0 aliphatic carbocycles. The monoisotopic (exact) mass is 254 g/mol. The lowest BCUT2D eigenvalue weighted by Crippen LogP contribution is -2.21. The summed E-state index contributed by atoms with van der Waals surface area (Å²) in [6.07, 6.45) is 0.0651. The van der Waals surface area contributed by atoms with Gasteiger partial charge in [0.25, 0.3) is 10.1 Å². The molecule has 0 fully saturated rings. The third-order valence-corrected chi connectivity index (χ3v) is 3.51. The molecule has 0 saturated heterocycles. The first-order valence-electron chi connectivity index (χ1n) is 4.72. The van der Waals surface area contributed by atoms with Crippen LogP contribution in [0.15, 0.2) is 0 Å². The van der Waals surface area contributed by atoms with Gasteiger partial charge in [-0.25, -0.2) is 4.98 Å². The summed E-state index contributed by atoms with van der Waals surface area (Å²) in [6.45, 7) is 3.01. The first-order chi connectivity index (χ1) is 7.86. The maximum absolute atomic E-state index is 11.2. The zero-order valence-corrected chi connectivity index (χ0v) is 10.1. The molecule has 1 heterocycles. The summed E-state index contributed by atoms with van der Waals surface area (Å²) >= 11 is 0. The molecule has 8 heteroatoms. The van der Waals surface area contributed by atoms with Gasteiger partial charge in [-0.2, -0.15) is 18.9 Å². The fourth-order valence-electron chi connectivity index (χ4n) is 1.61. The van der Waals surface area contributed by atoms with Crippen molar-refractivity contribution >= 4 is 10.1 Å². The maximum Gasteiger partial charge on any atom is 0.286 e. The molecule has 0 spiro atoms. The van der Waals surface area contributed by atoms with E-state index in [0.29, 0.717) is 0 Å². The van der Waals surface area contributed by atoms with E-state index in [0.717, 1.165) is 4.57 Å². The molecule has 17 heavy (non-hydrogen) atoms. The Morgan fingerprint density at radius 1 is 1.47 bits per heavy atom. The van der Waals surface area contributed by atoms with Gasteiger partial charge in [-0.05, 0) is 13.3 Å². The fraction of sp³-hybridized carbons (Fsp3) is 0.444. The third kappa shape index (κ3) is 2.28. The van der Waals surface area contributed by atoms with Crippen LogP contribution in [0.25, 0.3) is 0 Å². The lowest BCUT2D eigenvalue weighted by Gasteiger charge is -2.15. The van der Waals surface area contributed by atoms with Crippen molar-refractivity contribution in [3.8, 4) is 12.1 Å². The molecule has 7 nitrogen and oxygen atoms in total. The molecular formula is C9H10N4O3S. The maximum atomic E-state index is 11.2. The van der Waals surface area contributed by atoms with Crippen LogP contribution in [0.3, 0.4) is 0 Å². The van der Waals surface area contributed by atoms with Crippen molar-refractivity contribution in [2.75, 3.05) is 0 Å². The van der Waals surface area contributed by atoms with Crippen LogP contribution in [0.4, 0.5) is 0 Å². The minimum Gasteiger partial charge on any atom is -0.299 e. The number of aryl methyl sites for hydroxylation is 1. The molecule has 1 atom stereocenters. The van der Waals surface area contributed by atoms with Crippen LogP contribution < -0.4 is 0 Å². The normalized spacial score (nSPS) is 12.8. The Kier molecular flexibility index (Phi) is 3.51. The number of nitriles is 2. The number of hydrogen-bond acceptors (Lipinski definition) is 5. The standard InChI is InChI=1S/C9H10N4O3S/c1-3-9(17(14,15)16)13-6(2)12-7(4-10)8(13)5-11/h9H,3H2,1-2H3,(H,14,15,16). The van der Waals surface area contributed by atoms with E-state index in [1.165, 1.54) is 6.92 Å². The van der Waals surface area contributed by atoms with Crippen LogP contribution in [-0.4, -0.2) is 22.5 Å². The summed E-state index contributed by atoms with van der Waals surface area (Å²) in [5.41, 5.74) is -0.304. The number of aromatic nitrogens is 2. The predicted octanol–water partition coefficient (Wildman–Crippen LogP) is 0.731. The van der Waals surface area contributed by atoms with Crippen molar-refractivity contribution in [1.82, 2.24) is 9.55 Å². The molecule has 90 valence electrons. The molecule has 1 aromatic heterocycles. The smallest absolute Gasteiger partial charge is 0.286 e. The summed E-state index contributed by atoms with van der Waals surface area (Å²) in [6, 6.07) is 3.43. The number of hydrogen-bond donors (Lipinski definition) is 1. The highest BCUT2D eigenvalue weighted by Crippen LogP contribution is 2.23. The van der Waals surface area contributed by atoms with E-state index in [1.54, 1.807) is 19.1 Å². The molecule has 0 aliphatic heterocycles. The topological polar surface area (TPSA) is 120 Å². The van der Waals surface area contributed by atoms with Gasteiger partial charge in [0, 0.05) is 0 Å². The van der Waals surface area contributed by atoms with Gasteiger partial charge in [0.15, 0.2) is 16.8 Å². The minimum absolute atomic E-state index is 0.0651. The second kappa shape index (κ2) is 4.53. The average molecular weight is 254 g/mol. The molecule has 1 aromatic rings. The van der Waals surface area contributed by atoms with E-state index < -0.39 is 15.5 Å². The number of rotatable bonds is 3. The largest absolute Gasteiger partial charge is 0.299 e. The summed E-state index contributed by atoms with van der Waals surface area (Å²) in [5, 5.41) is 16.4. The van der Waals surface area contributed by atoms with Crippen LogP contribution in [0.5, 0.6) is 0 Å². The van der Waals surface area contributed by atoms with Gasteiger partial charge >= 0.3 is 0 Å². The van der Waals surface area contributed by atoms with E-state index in [1.807, 2.05) is 0 Å². The van der Waals surface area contributed by atoms with Crippen molar-refractivity contribution in [3.63, 3.8) is 0 Å². The van der Waals surface area contributed by atoms with Gasteiger partial charge in [0.2, 0.25) is 0 Å². The van der Waals surface area contributed by atoms with Crippen molar-refractivity contribution in [2.45, 2.75) is 25.6 Å². The molecule has 1 N–H and O–H groups in total. The predicted molar refractivity (Wildman–Crippen MR) is 57.3 cm³/mol. The van der Waals surface area contributed by atoms with Gasteiger partial charge in [-0.1, -0.05) is 6.92 Å². The Labute approximate surface area is 98.7 Å². The Hall–Kier alpha value is -1.90. The summed E-state index contributed by atoms with van der Waals surface area (Å²) in [4.78, 5) is 3.79. The van der Waals surface area contributed by atoms with E-state index in [4.69, 9.17) is 15.1 Å². The quantitative estimate of drug-likeness (QED) is 0.794. The van der Waals surface area contributed by atoms with E-state index >= 15 is 0 Å². The highest BCUT2D eigenvalue weighted by Gasteiger charge is 2.28. The molecular weight excluding hydrogens is 244 g/mol. The first-order valence-corrected chi connectivity index (χ1v) is 6.22. The summed E-state index contributed by atoms with van der Waals surface area (Å²) in [7, 11) is -4.36. The lowest BCUT2D eigenvalue weighted by molar-refractivity contribution is 0.437. The van der Waals surface area contributed by atoms with Gasteiger partial charge in [-0.3, -0.25) is 9.12 Å². The van der Waals surface area contributed by atoms with E-state index in [2.05, 4.69) is 4.98 Å². The molecule has 0 aliphatic rings. The van der Waals surface area contributed by atoms with Gasteiger partial charge in [-0.15, -0.1) is 0 Å². The Balaban J connectivity index is 3.57. The summed E-state index contributed by atoms with van der Waals surface area (Å²) in [5.74, 6) is 0.197. The zero-order chi connectivity index (χ0) is 13.2. The molecule has 0 aromatic carbocycles. The molecule has 0 saturated carbocycles. The molecule has 0 bridgehead atoms. The lowest BCUT2D eigenvalue weighted by atomic mass is 10.3. The highest BCUT2D eigenvalue weighted by molar-refractivity contribution is 7.85. The summed E-state index contributed by atoms with van der Waals surface area (Å²) < 4.78 is 32.5. The number of imidazole rings is 1. The Bertz CT molecular complexity index is 618. The minimum atomic E-state index is -4.36. The van der Waals surface area contributed by atoms with Crippen LogP contribution in [0.2, 0.25) is 0 Å².